The van der Waals surface area contributed by atoms with Crippen LogP contribution >= 0.6 is 0 Å². The second-order valence-corrected chi connectivity index (χ2v) is 5.72. The molecule has 0 atom stereocenters. The van der Waals surface area contributed by atoms with Gasteiger partial charge in [0.2, 0.25) is 5.82 Å². The molecule has 2 aromatic heterocycles. The molecular formula is C16H22N4O. The van der Waals surface area contributed by atoms with Gasteiger partial charge in [-0.15, -0.1) is 0 Å². The first-order valence-corrected chi connectivity index (χ1v) is 7.75. The summed E-state index contributed by atoms with van der Waals surface area (Å²) < 4.78 is 1.80. The number of carbonyl (C=O) groups is 1. The lowest BCUT2D eigenvalue weighted by atomic mass is 9.89. The van der Waals surface area contributed by atoms with Crippen LogP contribution in [0.5, 0.6) is 0 Å². The molecule has 1 aliphatic carbocycles. The van der Waals surface area contributed by atoms with Crippen LogP contribution in [0.2, 0.25) is 0 Å². The molecule has 5 heteroatoms. The predicted molar refractivity (Wildman–Crippen MR) is 82.1 cm³/mol. The highest BCUT2D eigenvalue weighted by Gasteiger charge is 2.14. The van der Waals surface area contributed by atoms with Crippen LogP contribution in [0.3, 0.4) is 0 Å². The number of rotatable bonds is 5. The first kappa shape index (κ1) is 14.1. The van der Waals surface area contributed by atoms with Crippen molar-refractivity contribution in [2.24, 2.45) is 5.92 Å². The van der Waals surface area contributed by atoms with Crippen LogP contribution < -0.4 is 10.6 Å². The van der Waals surface area contributed by atoms with E-state index < -0.39 is 0 Å². The second-order valence-electron chi connectivity index (χ2n) is 5.72. The third-order valence-corrected chi connectivity index (χ3v) is 4.17. The number of hydrogen-bond donors (Lipinski definition) is 2. The highest BCUT2D eigenvalue weighted by atomic mass is 16.2. The highest BCUT2D eigenvalue weighted by molar-refractivity contribution is 5.91. The molecule has 0 aromatic carbocycles. The zero-order valence-electron chi connectivity index (χ0n) is 12.2. The lowest BCUT2D eigenvalue weighted by Gasteiger charge is -2.21. The van der Waals surface area contributed by atoms with E-state index in [-0.39, 0.29) is 5.91 Å². The van der Waals surface area contributed by atoms with Crippen molar-refractivity contribution >= 4 is 11.4 Å². The van der Waals surface area contributed by atoms with Crippen LogP contribution in [0.25, 0.3) is 5.52 Å². The Bertz CT molecular complexity index is 601. The minimum absolute atomic E-state index is 0.141. The van der Waals surface area contributed by atoms with Crippen molar-refractivity contribution in [3.63, 3.8) is 0 Å². The van der Waals surface area contributed by atoms with Crippen molar-refractivity contribution in [1.82, 2.24) is 20.0 Å². The van der Waals surface area contributed by atoms with E-state index in [0.29, 0.717) is 12.5 Å². The Labute approximate surface area is 124 Å². The summed E-state index contributed by atoms with van der Waals surface area (Å²) in [4.78, 5) is 16.3. The van der Waals surface area contributed by atoms with Crippen LogP contribution in [0.15, 0.2) is 30.6 Å². The van der Waals surface area contributed by atoms with Gasteiger partial charge in [-0.25, -0.2) is 4.98 Å². The molecular weight excluding hydrogens is 264 g/mol. The molecule has 2 N–H and O–H groups in total. The Morgan fingerprint density at radius 1 is 1.29 bits per heavy atom. The summed E-state index contributed by atoms with van der Waals surface area (Å²) in [6.45, 7) is 1.49. The maximum absolute atomic E-state index is 12.1. The van der Waals surface area contributed by atoms with Crippen molar-refractivity contribution in [1.29, 1.82) is 0 Å². The summed E-state index contributed by atoms with van der Waals surface area (Å²) in [5.41, 5.74) is 0.929. The minimum Gasteiger partial charge on any atom is -0.337 e. The predicted octanol–water partition coefficient (Wildman–Crippen LogP) is 2.19. The average molecular weight is 286 g/mol. The van der Waals surface area contributed by atoms with Crippen LogP contribution in [0.4, 0.5) is 0 Å². The monoisotopic (exact) mass is 286 g/mol. The highest BCUT2D eigenvalue weighted by Crippen LogP contribution is 2.22. The van der Waals surface area contributed by atoms with Gasteiger partial charge < -0.3 is 5.32 Å². The number of nitrogens with zero attached hydrogens (tertiary/aromatic N) is 2. The summed E-state index contributed by atoms with van der Waals surface area (Å²) in [5.74, 6) is 1.06. The Morgan fingerprint density at radius 3 is 3.00 bits per heavy atom. The molecule has 0 spiro atoms. The van der Waals surface area contributed by atoms with E-state index in [0.717, 1.165) is 18.0 Å². The van der Waals surface area contributed by atoms with Crippen molar-refractivity contribution in [2.45, 2.75) is 32.1 Å². The lowest BCUT2D eigenvalue weighted by molar-refractivity contribution is 0.0938. The SMILES string of the molecule is O=C(NCNCC1CCCCC1)c1ncc2ccccn12. The van der Waals surface area contributed by atoms with E-state index >= 15 is 0 Å². The number of amides is 1. The third-order valence-electron chi connectivity index (χ3n) is 4.17. The van der Waals surface area contributed by atoms with Gasteiger partial charge in [-0.05, 0) is 37.4 Å². The van der Waals surface area contributed by atoms with E-state index in [4.69, 9.17) is 0 Å². The molecule has 0 radical (unpaired) electrons. The van der Waals surface area contributed by atoms with Gasteiger partial charge in [0, 0.05) is 6.20 Å². The fourth-order valence-electron chi connectivity index (χ4n) is 3.00. The zero-order chi connectivity index (χ0) is 14.5. The van der Waals surface area contributed by atoms with Crippen molar-refractivity contribution < 1.29 is 4.79 Å². The number of nitrogens with one attached hydrogen (secondary N) is 2. The number of fused-ring (bicyclic) bond motifs is 1. The number of hydrogen-bond acceptors (Lipinski definition) is 3. The van der Waals surface area contributed by atoms with E-state index in [1.54, 1.807) is 10.6 Å². The number of imidazole rings is 1. The van der Waals surface area contributed by atoms with E-state index in [1.807, 2.05) is 24.4 Å². The largest absolute Gasteiger partial charge is 0.337 e. The fourth-order valence-corrected chi connectivity index (χ4v) is 3.00. The molecule has 1 fully saturated rings. The van der Waals surface area contributed by atoms with Crippen molar-refractivity contribution in [3.05, 3.63) is 36.4 Å². The number of pyridine rings is 1. The van der Waals surface area contributed by atoms with Gasteiger partial charge in [-0.2, -0.15) is 0 Å². The van der Waals surface area contributed by atoms with Crippen LogP contribution in [-0.2, 0) is 0 Å². The Morgan fingerprint density at radius 2 is 2.14 bits per heavy atom. The normalized spacial score (nSPS) is 16.2. The smallest absolute Gasteiger partial charge is 0.288 e. The van der Waals surface area contributed by atoms with Crippen LogP contribution in [-0.4, -0.2) is 28.5 Å². The van der Waals surface area contributed by atoms with Crippen molar-refractivity contribution in [3.8, 4) is 0 Å². The molecule has 5 nitrogen and oxygen atoms in total. The minimum atomic E-state index is -0.141. The van der Waals surface area contributed by atoms with Gasteiger partial charge in [0.1, 0.15) is 0 Å². The topological polar surface area (TPSA) is 58.4 Å². The molecule has 1 amide bonds. The third kappa shape index (κ3) is 3.42. The molecule has 1 aliphatic rings. The Kier molecular flexibility index (Phi) is 4.50. The number of aromatic nitrogens is 2. The number of carbonyl (C=O) groups excluding carboxylic acids is 1. The molecule has 0 aliphatic heterocycles. The summed E-state index contributed by atoms with van der Waals surface area (Å²) in [6.07, 6.45) is 10.3. The van der Waals surface area contributed by atoms with Gasteiger partial charge in [0.05, 0.1) is 18.4 Å². The molecule has 2 aromatic rings. The Hall–Kier alpha value is -1.88. The second kappa shape index (κ2) is 6.72. The lowest BCUT2D eigenvalue weighted by Crippen LogP contribution is -2.37. The molecule has 1 saturated carbocycles. The van der Waals surface area contributed by atoms with E-state index in [9.17, 15) is 4.79 Å². The molecule has 2 heterocycles. The molecule has 112 valence electrons. The molecule has 0 unspecified atom stereocenters. The standard InChI is InChI=1S/C16H22N4O/c21-16(15-18-11-14-8-4-5-9-20(14)15)19-12-17-10-13-6-2-1-3-7-13/h4-5,8-9,11,13,17H,1-3,6-7,10,12H2,(H,19,21). The molecule has 3 rings (SSSR count). The van der Waals surface area contributed by atoms with Crippen molar-refractivity contribution in [2.75, 3.05) is 13.2 Å². The first-order valence-electron chi connectivity index (χ1n) is 7.75. The van der Waals surface area contributed by atoms with Gasteiger partial charge in [0.15, 0.2) is 0 Å². The van der Waals surface area contributed by atoms with Gasteiger partial charge in [-0.3, -0.25) is 14.5 Å². The first-order chi connectivity index (χ1) is 10.3. The summed E-state index contributed by atoms with van der Waals surface area (Å²) in [5, 5.41) is 6.21. The van der Waals surface area contributed by atoms with Crippen LogP contribution in [0, 0.1) is 5.92 Å². The van der Waals surface area contributed by atoms with Gasteiger partial charge in [0.25, 0.3) is 5.91 Å². The summed E-state index contributed by atoms with van der Waals surface area (Å²) in [6, 6.07) is 5.77. The zero-order valence-corrected chi connectivity index (χ0v) is 12.2. The molecule has 21 heavy (non-hydrogen) atoms. The fraction of sp³-hybridized carbons (Fsp3) is 0.500. The summed E-state index contributed by atoms with van der Waals surface area (Å²) >= 11 is 0. The molecule has 0 bridgehead atoms. The van der Waals surface area contributed by atoms with E-state index in [1.165, 1.54) is 32.1 Å². The maximum atomic E-state index is 12.1. The summed E-state index contributed by atoms with van der Waals surface area (Å²) in [7, 11) is 0. The Balaban J connectivity index is 1.48. The van der Waals surface area contributed by atoms with E-state index in [2.05, 4.69) is 15.6 Å². The van der Waals surface area contributed by atoms with Crippen LogP contribution in [0.1, 0.15) is 42.7 Å². The van der Waals surface area contributed by atoms with Gasteiger partial charge in [-0.1, -0.05) is 25.3 Å². The molecule has 0 saturated heterocycles. The average Bonchev–Trinajstić information content (AvgIpc) is 2.96. The maximum Gasteiger partial charge on any atom is 0.288 e. The van der Waals surface area contributed by atoms with Gasteiger partial charge >= 0.3 is 0 Å². The quantitative estimate of drug-likeness (QED) is 0.654.